The molecule has 0 saturated heterocycles. The first-order valence-electron chi connectivity index (χ1n) is 4.58. The van der Waals surface area contributed by atoms with Crippen LogP contribution in [0, 0.1) is 0 Å². The van der Waals surface area contributed by atoms with Gasteiger partial charge < -0.3 is 5.32 Å². The van der Waals surface area contributed by atoms with Crippen molar-refractivity contribution >= 4 is 33.5 Å². The van der Waals surface area contributed by atoms with E-state index in [2.05, 4.69) is 15.0 Å². The topological polar surface area (TPSA) is 87.6 Å². The molecule has 8 heteroatoms. The number of amidine groups is 1. The lowest BCUT2D eigenvalue weighted by Crippen LogP contribution is -2.37. The van der Waals surface area contributed by atoms with Gasteiger partial charge in [0.25, 0.3) is 10.0 Å². The highest BCUT2D eigenvalue weighted by Crippen LogP contribution is 2.30. The molecule has 2 amide bonds. The second-order valence-corrected chi connectivity index (χ2v) is 5.21. The van der Waals surface area contributed by atoms with Crippen molar-refractivity contribution in [2.45, 2.75) is 4.90 Å². The minimum atomic E-state index is -3.77. The molecule has 17 heavy (non-hydrogen) atoms. The van der Waals surface area contributed by atoms with Crippen molar-refractivity contribution in [3.8, 4) is 0 Å². The summed E-state index contributed by atoms with van der Waals surface area (Å²) >= 11 is 5.90. The van der Waals surface area contributed by atoms with Crippen molar-refractivity contribution < 1.29 is 13.2 Å². The summed E-state index contributed by atoms with van der Waals surface area (Å²) in [6.07, 6.45) is 0. The quantitative estimate of drug-likeness (QED) is 0.730. The summed E-state index contributed by atoms with van der Waals surface area (Å²) in [5.41, 5.74) is 0.220. The molecule has 90 valence electrons. The zero-order chi connectivity index (χ0) is 12.6. The first-order chi connectivity index (χ1) is 7.95. The van der Waals surface area contributed by atoms with E-state index in [1.165, 1.54) is 25.2 Å². The van der Waals surface area contributed by atoms with E-state index in [-0.39, 0.29) is 21.3 Å². The van der Waals surface area contributed by atoms with E-state index in [1.54, 1.807) is 0 Å². The molecule has 0 unspecified atom stereocenters. The fourth-order valence-electron chi connectivity index (χ4n) is 1.42. The number of amides is 2. The van der Waals surface area contributed by atoms with Gasteiger partial charge >= 0.3 is 6.03 Å². The Morgan fingerprint density at radius 1 is 1.41 bits per heavy atom. The number of halogens is 1. The van der Waals surface area contributed by atoms with Crippen molar-refractivity contribution in [2.75, 3.05) is 7.05 Å². The Labute approximate surface area is 103 Å². The highest BCUT2D eigenvalue weighted by atomic mass is 35.5. The lowest BCUT2D eigenvalue weighted by Gasteiger charge is -2.05. The lowest BCUT2D eigenvalue weighted by molar-refractivity contribution is 0.247. The summed E-state index contributed by atoms with van der Waals surface area (Å²) in [5.74, 6) is -0.0649. The number of sulfonamides is 1. The summed E-state index contributed by atoms with van der Waals surface area (Å²) in [6.45, 7) is 0. The van der Waals surface area contributed by atoms with Crippen molar-refractivity contribution in [1.82, 2.24) is 10.6 Å². The number of carbonyl (C=O) groups is 1. The maximum absolute atomic E-state index is 11.7. The fourth-order valence-corrected chi connectivity index (χ4v) is 2.93. The molecule has 6 nitrogen and oxygen atoms in total. The van der Waals surface area contributed by atoms with Crippen molar-refractivity contribution in [2.24, 2.45) is 4.40 Å². The summed E-state index contributed by atoms with van der Waals surface area (Å²) in [5, 5.41) is 4.84. The van der Waals surface area contributed by atoms with Gasteiger partial charge in [-0.1, -0.05) is 17.7 Å². The van der Waals surface area contributed by atoms with Crippen LogP contribution in [0.2, 0.25) is 5.02 Å². The minimum absolute atomic E-state index is 0.00333. The Morgan fingerprint density at radius 2 is 2.12 bits per heavy atom. The molecule has 0 saturated carbocycles. The number of carbonyl (C=O) groups excluding carboxylic acids is 1. The maximum Gasteiger partial charge on any atom is 0.320 e. The van der Waals surface area contributed by atoms with E-state index in [9.17, 15) is 13.2 Å². The molecular formula is C9H8ClN3O3S. The third-order valence-corrected chi connectivity index (χ3v) is 3.79. The van der Waals surface area contributed by atoms with E-state index in [4.69, 9.17) is 11.6 Å². The fraction of sp³-hybridized carbons (Fsp3) is 0.111. The molecule has 2 N–H and O–H groups in total. The van der Waals surface area contributed by atoms with Gasteiger partial charge in [-0.05, 0) is 12.1 Å². The number of hydrogen-bond donors (Lipinski definition) is 2. The van der Waals surface area contributed by atoms with Crippen LogP contribution in [0.1, 0.15) is 5.56 Å². The van der Waals surface area contributed by atoms with E-state index in [1.807, 2.05) is 0 Å². The molecule has 1 aliphatic heterocycles. The predicted molar refractivity (Wildman–Crippen MR) is 62.8 cm³/mol. The largest absolute Gasteiger partial charge is 0.341 e. The average Bonchev–Trinajstić information content (AvgIpc) is 2.52. The van der Waals surface area contributed by atoms with Gasteiger partial charge in [-0.2, -0.15) is 8.42 Å². The summed E-state index contributed by atoms with van der Waals surface area (Å²) in [4.78, 5) is 11.2. The minimum Gasteiger partial charge on any atom is -0.341 e. The number of benzene rings is 1. The highest BCUT2D eigenvalue weighted by Gasteiger charge is 2.31. The number of nitrogens with zero attached hydrogens (tertiary/aromatic N) is 1. The number of nitrogens with one attached hydrogen (secondary N) is 2. The highest BCUT2D eigenvalue weighted by molar-refractivity contribution is 7.90. The van der Waals surface area contributed by atoms with Gasteiger partial charge in [-0.25, -0.2) is 4.79 Å². The van der Waals surface area contributed by atoms with Crippen molar-refractivity contribution in [3.05, 3.63) is 28.8 Å². The van der Waals surface area contributed by atoms with E-state index >= 15 is 0 Å². The first kappa shape index (κ1) is 11.9. The number of fused-ring (bicyclic) bond motifs is 1. The molecule has 1 heterocycles. The maximum atomic E-state index is 11.7. The Morgan fingerprint density at radius 3 is 2.76 bits per heavy atom. The van der Waals surface area contributed by atoms with Gasteiger partial charge in [-0.3, -0.25) is 5.32 Å². The van der Waals surface area contributed by atoms with Crippen LogP contribution < -0.4 is 10.6 Å². The van der Waals surface area contributed by atoms with Crippen LogP contribution in [-0.4, -0.2) is 27.3 Å². The molecule has 1 aliphatic rings. The predicted octanol–water partition coefficient (Wildman–Crippen LogP) is 0.718. The molecule has 0 fully saturated rings. The van der Waals surface area contributed by atoms with Crippen molar-refractivity contribution in [3.63, 3.8) is 0 Å². The zero-order valence-electron chi connectivity index (χ0n) is 8.69. The lowest BCUT2D eigenvalue weighted by atomic mass is 10.2. The van der Waals surface area contributed by atoms with E-state index < -0.39 is 16.1 Å². The number of hydrogen-bond acceptors (Lipinski definition) is 3. The average molecular weight is 274 g/mol. The standard InChI is InChI=1S/C9H8ClN3O3S/c1-11-9(14)12-8-7-5(10)3-2-4-6(7)17(15,16)13-8/h2-4H,1H3,(H2,11,12,13,14). The molecule has 0 atom stereocenters. The van der Waals surface area contributed by atoms with Crippen LogP contribution >= 0.6 is 11.6 Å². The monoisotopic (exact) mass is 273 g/mol. The summed E-state index contributed by atoms with van der Waals surface area (Å²) in [7, 11) is -2.36. The van der Waals surface area contributed by atoms with Crippen LogP contribution in [-0.2, 0) is 10.0 Å². The Bertz CT molecular complexity index is 624. The molecule has 0 aliphatic carbocycles. The third-order valence-electron chi connectivity index (χ3n) is 2.16. The van der Waals surface area contributed by atoms with Gasteiger partial charge in [0.2, 0.25) is 0 Å². The van der Waals surface area contributed by atoms with Crippen molar-refractivity contribution in [1.29, 1.82) is 0 Å². The van der Waals surface area contributed by atoms with E-state index in [0.717, 1.165) is 0 Å². The normalized spacial score (nSPS) is 16.0. The molecule has 0 radical (unpaired) electrons. The smallest absolute Gasteiger partial charge is 0.320 e. The summed E-state index contributed by atoms with van der Waals surface area (Å²) < 4.78 is 26.8. The third kappa shape index (κ3) is 1.98. The van der Waals surface area contributed by atoms with Gasteiger partial charge in [0, 0.05) is 7.05 Å². The Kier molecular flexibility index (Phi) is 2.80. The Hall–Kier alpha value is -1.60. The molecule has 0 bridgehead atoms. The van der Waals surface area contributed by atoms with E-state index in [0.29, 0.717) is 0 Å². The van der Waals surface area contributed by atoms with Gasteiger partial charge in [0.1, 0.15) is 4.90 Å². The van der Waals surface area contributed by atoms with Crippen LogP contribution in [0.4, 0.5) is 4.79 Å². The number of rotatable bonds is 0. The van der Waals surface area contributed by atoms with Gasteiger partial charge in [0.05, 0.1) is 10.6 Å². The number of urea groups is 1. The Balaban J connectivity index is 2.56. The second kappa shape index (κ2) is 4.01. The molecule has 0 aromatic heterocycles. The van der Waals surface area contributed by atoms with Gasteiger partial charge in [-0.15, -0.1) is 4.40 Å². The first-order valence-corrected chi connectivity index (χ1v) is 6.40. The van der Waals surface area contributed by atoms with Gasteiger partial charge in [0.15, 0.2) is 5.84 Å². The molecule has 0 spiro atoms. The second-order valence-electron chi connectivity index (χ2n) is 3.23. The van der Waals surface area contributed by atoms with Crippen LogP contribution in [0.15, 0.2) is 27.5 Å². The molecular weight excluding hydrogens is 266 g/mol. The van der Waals surface area contributed by atoms with Crippen LogP contribution in [0.5, 0.6) is 0 Å². The SMILES string of the molecule is CNC(=O)NC1=NS(=O)(=O)c2cccc(Cl)c21. The molecule has 1 aromatic rings. The molecule has 2 rings (SSSR count). The summed E-state index contributed by atoms with van der Waals surface area (Å²) in [6, 6.07) is 3.87. The van der Waals surface area contributed by atoms with Crippen LogP contribution in [0.25, 0.3) is 0 Å². The van der Waals surface area contributed by atoms with Crippen LogP contribution in [0.3, 0.4) is 0 Å². The molecule has 1 aromatic carbocycles. The zero-order valence-corrected chi connectivity index (χ0v) is 10.3.